The van der Waals surface area contributed by atoms with Crippen LogP contribution in [0.1, 0.15) is 91.9 Å². The molecule has 0 aliphatic heterocycles. The van der Waals surface area contributed by atoms with E-state index >= 15 is 0 Å². The van der Waals surface area contributed by atoms with Crippen LogP contribution in [0, 0.1) is 0 Å². The minimum Gasteiger partial charge on any atom is -0.543 e. The maximum Gasteiger partial charge on any atom is 0.250 e. The second-order valence-electron chi connectivity index (χ2n) is 14.4. The fourth-order valence-electron chi connectivity index (χ4n) is 4.06. The van der Waals surface area contributed by atoms with Crippen molar-refractivity contribution in [3.8, 4) is 11.5 Å². The maximum atomic E-state index is 7.17. The molecule has 1 aromatic carbocycles. The molecule has 0 saturated heterocycles. The summed E-state index contributed by atoms with van der Waals surface area (Å²) in [6.07, 6.45) is 12.5. The second-order valence-corrected chi connectivity index (χ2v) is 23.9. The molecule has 39 heavy (non-hydrogen) atoms. The van der Waals surface area contributed by atoms with Gasteiger partial charge in [0, 0.05) is 11.1 Å². The van der Waals surface area contributed by atoms with E-state index in [9.17, 15) is 0 Å². The maximum absolute atomic E-state index is 7.17. The molecule has 2 aliphatic rings. The predicted molar refractivity (Wildman–Crippen MR) is 175 cm³/mol. The second kappa shape index (κ2) is 12.8. The molecule has 0 amide bonds. The molecule has 0 spiro atoms. The zero-order valence-corrected chi connectivity index (χ0v) is 29.3. The minimum atomic E-state index is -2.12. The molecular formula is C34H56O3Si2. The third-order valence-corrected chi connectivity index (χ3v) is 17.6. The summed E-state index contributed by atoms with van der Waals surface area (Å²) in [5.41, 5.74) is 5.98. The Bertz CT molecular complexity index is 1110. The highest BCUT2D eigenvalue weighted by atomic mass is 28.4. The van der Waals surface area contributed by atoms with E-state index in [2.05, 4.69) is 125 Å². The molecule has 1 atom stereocenters. The Balaban J connectivity index is 2.86. The van der Waals surface area contributed by atoms with Crippen LogP contribution in [-0.4, -0.2) is 23.7 Å². The number of allylic oxidation sites excluding steroid dienone is 6. The van der Waals surface area contributed by atoms with Gasteiger partial charge < -0.3 is 13.6 Å². The van der Waals surface area contributed by atoms with Gasteiger partial charge in [-0.15, -0.1) is 0 Å². The molecule has 3 rings (SSSR count). The van der Waals surface area contributed by atoms with Crippen molar-refractivity contribution in [3.05, 3.63) is 70.9 Å². The first-order chi connectivity index (χ1) is 17.8. The van der Waals surface area contributed by atoms with E-state index in [0.717, 1.165) is 48.3 Å². The van der Waals surface area contributed by atoms with E-state index in [-0.39, 0.29) is 16.2 Å². The van der Waals surface area contributed by atoms with Crippen LogP contribution in [0.5, 0.6) is 11.5 Å². The van der Waals surface area contributed by atoms with Crippen LogP contribution in [0.2, 0.25) is 36.3 Å². The summed E-state index contributed by atoms with van der Waals surface area (Å²) in [4.78, 5) is 0. The Morgan fingerprint density at radius 1 is 0.872 bits per heavy atom. The van der Waals surface area contributed by atoms with Crippen molar-refractivity contribution < 1.29 is 13.6 Å². The lowest BCUT2D eigenvalue weighted by atomic mass is 9.97. The molecule has 5 heteroatoms. The Kier molecular flexibility index (Phi) is 10.9. The molecule has 218 valence electrons. The van der Waals surface area contributed by atoms with Gasteiger partial charge in [-0.1, -0.05) is 89.1 Å². The van der Waals surface area contributed by atoms with Crippen molar-refractivity contribution >= 4 is 16.6 Å². The molecule has 2 bridgehead atoms. The quantitative estimate of drug-likeness (QED) is 0.261. The average molecular weight is 569 g/mol. The Hall–Kier alpha value is -1.83. The SMILES string of the molecule is C=C1/C=C/C/C(C)=C/[C@H](O[Si](C)(C)C(C)(C)C)c2cc(OC)c(cc2O[Si](C)(C)C(C)(C)C)C/C(C)=C\CC1. The van der Waals surface area contributed by atoms with Crippen LogP contribution in [0.3, 0.4) is 0 Å². The van der Waals surface area contributed by atoms with Gasteiger partial charge in [-0.2, -0.15) is 0 Å². The van der Waals surface area contributed by atoms with Gasteiger partial charge in [-0.05, 0) is 87.9 Å². The molecule has 0 fully saturated rings. The van der Waals surface area contributed by atoms with Crippen LogP contribution < -0.4 is 9.16 Å². The van der Waals surface area contributed by atoms with Crippen LogP contribution in [0.25, 0.3) is 0 Å². The van der Waals surface area contributed by atoms with E-state index in [1.165, 1.54) is 16.7 Å². The number of ether oxygens (including phenoxy) is 1. The molecule has 0 aromatic heterocycles. The highest BCUT2D eigenvalue weighted by Crippen LogP contribution is 2.46. The number of hydrogen-bond donors (Lipinski definition) is 0. The van der Waals surface area contributed by atoms with Crippen molar-refractivity contribution in [2.24, 2.45) is 0 Å². The van der Waals surface area contributed by atoms with Crippen molar-refractivity contribution in [2.45, 2.75) is 123 Å². The van der Waals surface area contributed by atoms with Gasteiger partial charge in [0.15, 0.2) is 8.32 Å². The fraction of sp³-hybridized carbons (Fsp3) is 0.588. The molecule has 2 aliphatic carbocycles. The highest BCUT2D eigenvalue weighted by molar-refractivity contribution is 6.75. The first-order valence-electron chi connectivity index (χ1n) is 14.5. The average Bonchev–Trinajstić information content (AvgIpc) is 2.76. The van der Waals surface area contributed by atoms with Crippen LogP contribution in [0.4, 0.5) is 0 Å². The summed E-state index contributed by atoms with van der Waals surface area (Å²) in [5, 5.41) is 0.153. The first-order valence-corrected chi connectivity index (χ1v) is 20.3. The topological polar surface area (TPSA) is 27.7 Å². The minimum absolute atomic E-state index is 0.0753. The number of benzene rings is 1. The summed E-state index contributed by atoms with van der Waals surface area (Å²) in [5.74, 6) is 1.83. The zero-order valence-electron chi connectivity index (χ0n) is 27.3. The van der Waals surface area contributed by atoms with Crippen molar-refractivity contribution in [1.82, 2.24) is 0 Å². The summed E-state index contributed by atoms with van der Waals surface area (Å²) < 4.78 is 20.3. The van der Waals surface area contributed by atoms with Crippen molar-refractivity contribution in [1.29, 1.82) is 0 Å². The monoisotopic (exact) mass is 568 g/mol. The number of methoxy groups -OCH3 is 1. The lowest BCUT2D eigenvalue weighted by Gasteiger charge is -2.41. The smallest absolute Gasteiger partial charge is 0.250 e. The van der Waals surface area contributed by atoms with Crippen LogP contribution in [0.15, 0.2) is 59.7 Å². The van der Waals surface area contributed by atoms with E-state index in [4.69, 9.17) is 13.6 Å². The predicted octanol–water partition coefficient (Wildman–Crippen LogP) is 10.9. The Morgan fingerprint density at radius 2 is 1.49 bits per heavy atom. The Morgan fingerprint density at radius 3 is 2.05 bits per heavy atom. The molecule has 1 aromatic rings. The van der Waals surface area contributed by atoms with E-state index < -0.39 is 16.6 Å². The van der Waals surface area contributed by atoms with Gasteiger partial charge in [0.2, 0.25) is 8.32 Å². The van der Waals surface area contributed by atoms with Gasteiger partial charge in [-0.25, -0.2) is 0 Å². The normalized spacial score (nSPS) is 22.1. The lowest BCUT2D eigenvalue weighted by molar-refractivity contribution is 0.225. The standard InChI is InChI=1S/C34H56O3Si2/c1-25-17-15-19-26(2)21-28-23-32(37-39(13,14)34(7,8)9)29(24-30(28)35-10)31(22-27(3)20-16-18-25)36-38(11,12)33(4,5)6/h16,18-19,22-24,31H,1,15,17,20-21H2,2-14H3/b18-16+,26-19-,27-22+/t31-/m0/s1. The van der Waals surface area contributed by atoms with E-state index in [0.29, 0.717) is 0 Å². The molecule has 0 unspecified atom stereocenters. The van der Waals surface area contributed by atoms with E-state index in [1.54, 1.807) is 7.11 Å². The van der Waals surface area contributed by atoms with Gasteiger partial charge in [0.1, 0.15) is 11.5 Å². The van der Waals surface area contributed by atoms with E-state index in [1.807, 2.05) is 0 Å². The fourth-order valence-corrected chi connectivity index (χ4v) is 6.28. The van der Waals surface area contributed by atoms with Crippen LogP contribution >= 0.6 is 0 Å². The summed E-state index contributed by atoms with van der Waals surface area (Å²) in [6.45, 7) is 31.7. The molecule has 0 N–H and O–H groups in total. The zero-order chi connectivity index (χ0) is 29.8. The molecule has 3 nitrogen and oxygen atoms in total. The summed E-state index contributed by atoms with van der Waals surface area (Å²) in [6, 6.07) is 4.43. The van der Waals surface area contributed by atoms with Gasteiger partial charge in [0.05, 0.1) is 13.2 Å². The number of rotatable bonds is 5. The van der Waals surface area contributed by atoms with Crippen LogP contribution in [-0.2, 0) is 10.8 Å². The van der Waals surface area contributed by atoms with Gasteiger partial charge in [0.25, 0.3) is 0 Å². The largest absolute Gasteiger partial charge is 0.543 e. The number of fused-ring (bicyclic) bond motifs is 10. The van der Waals surface area contributed by atoms with Gasteiger partial charge >= 0.3 is 0 Å². The first kappa shape index (κ1) is 33.4. The molecule has 0 saturated carbocycles. The summed E-state index contributed by atoms with van der Waals surface area (Å²) >= 11 is 0. The lowest BCUT2D eigenvalue weighted by Crippen LogP contribution is -2.44. The number of hydrogen-bond acceptors (Lipinski definition) is 3. The Labute approximate surface area is 242 Å². The van der Waals surface area contributed by atoms with Crippen molar-refractivity contribution in [3.63, 3.8) is 0 Å². The molecule has 0 radical (unpaired) electrons. The molecular weight excluding hydrogens is 513 g/mol. The summed E-state index contributed by atoms with van der Waals surface area (Å²) in [7, 11) is -2.47. The van der Waals surface area contributed by atoms with Crippen molar-refractivity contribution in [2.75, 3.05) is 7.11 Å². The third kappa shape index (κ3) is 9.09. The molecule has 0 heterocycles. The third-order valence-electron chi connectivity index (χ3n) is 8.78. The van der Waals surface area contributed by atoms with Gasteiger partial charge in [-0.3, -0.25) is 0 Å². The highest BCUT2D eigenvalue weighted by Gasteiger charge is 2.42.